The molecule has 7 rings (SSSR count). The van der Waals surface area contributed by atoms with Crippen LogP contribution in [0.3, 0.4) is 0 Å². The van der Waals surface area contributed by atoms with Gasteiger partial charge < -0.3 is 14.7 Å². The van der Waals surface area contributed by atoms with Crippen molar-refractivity contribution in [3.8, 4) is 0 Å². The van der Waals surface area contributed by atoms with Crippen LogP contribution in [0.4, 0.5) is 11.5 Å². The molecule has 1 aliphatic carbocycles. The van der Waals surface area contributed by atoms with E-state index in [1.807, 2.05) is 24.3 Å². The summed E-state index contributed by atoms with van der Waals surface area (Å²) >= 11 is 0. The van der Waals surface area contributed by atoms with Crippen molar-refractivity contribution in [3.05, 3.63) is 89.0 Å². The molecule has 0 radical (unpaired) electrons. The summed E-state index contributed by atoms with van der Waals surface area (Å²) < 4.78 is 5.49. The fraction of sp³-hybridized carbons (Fsp3) is 0.303. The molecule has 0 bridgehead atoms. The molecule has 1 aromatic heterocycles. The van der Waals surface area contributed by atoms with Gasteiger partial charge in [-0.3, -0.25) is 29.0 Å². The first kappa shape index (κ1) is 27.0. The highest BCUT2D eigenvalue weighted by Gasteiger charge is 2.45. The molecule has 4 aromatic rings. The molecule has 2 fully saturated rings. The number of imide groups is 1. The predicted molar refractivity (Wildman–Crippen MR) is 160 cm³/mol. The Labute approximate surface area is 248 Å². The lowest BCUT2D eigenvalue weighted by atomic mass is 9.92. The second-order valence-corrected chi connectivity index (χ2v) is 11.4. The lowest BCUT2D eigenvalue weighted by Crippen LogP contribution is -2.47. The van der Waals surface area contributed by atoms with Crippen LogP contribution in [0.2, 0.25) is 0 Å². The van der Waals surface area contributed by atoms with Gasteiger partial charge in [0.25, 0.3) is 11.8 Å². The number of carbonyl (C=O) groups excluding carboxylic acids is 4. The molecule has 10 nitrogen and oxygen atoms in total. The van der Waals surface area contributed by atoms with E-state index in [1.165, 1.54) is 5.56 Å². The maximum atomic E-state index is 13.4. The van der Waals surface area contributed by atoms with Crippen LogP contribution in [0, 0.1) is 0 Å². The molecule has 2 amide bonds. The number of nitrogens with zero attached hydrogens (tertiary/aromatic N) is 4. The average Bonchev–Trinajstić information content (AvgIpc) is 3.56. The molecule has 10 heteroatoms. The van der Waals surface area contributed by atoms with E-state index >= 15 is 0 Å². The summed E-state index contributed by atoms with van der Waals surface area (Å²) in [6, 6.07) is 20.6. The number of aromatic nitrogens is 1. The molecule has 218 valence electrons. The van der Waals surface area contributed by atoms with Crippen molar-refractivity contribution in [1.29, 1.82) is 0 Å². The first-order chi connectivity index (χ1) is 21.0. The van der Waals surface area contributed by atoms with E-state index in [1.54, 1.807) is 18.2 Å². The maximum Gasteiger partial charge on any atom is 0.264 e. The summed E-state index contributed by atoms with van der Waals surface area (Å²) in [5, 5.41) is 8.66. The Balaban J connectivity index is 0.957. The van der Waals surface area contributed by atoms with Gasteiger partial charge in [0.2, 0.25) is 0 Å². The molecule has 1 saturated carbocycles. The summed E-state index contributed by atoms with van der Waals surface area (Å²) in [5.74, 6) is -0.566. The standard InChI is InChI=1S/C33H31N5O5/c39-23-12-13-27(28(40)18-23)38-32(41)25-5-3-6-26(30(25)33(38)42)34-19-21-8-10-22(11-9-21)20-36-14-16-37(17-15-36)31-24-4-1-2-7-29(24)43-35-31/h1-11,27,34H,12-20H2. The number of benzene rings is 3. The molecule has 1 N–H and O–H groups in total. The van der Waals surface area contributed by atoms with Crippen LogP contribution in [0.15, 0.2) is 71.3 Å². The highest BCUT2D eigenvalue weighted by Crippen LogP contribution is 2.33. The molecule has 1 atom stereocenters. The summed E-state index contributed by atoms with van der Waals surface area (Å²) in [6.45, 7) is 4.94. The van der Waals surface area contributed by atoms with Crippen molar-refractivity contribution < 1.29 is 23.7 Å². The van der Waals surface area contributed by atoms with Gasteiger partial charge in [-0.2, -0.15) is 0 Å². The minimum atomic E-state index is -0.879. The highest BCUT2D eigenvalue weighted by atomic mass is 16.5. The van der Waals surface area contributed by atoms with Gasteiger partial charge in [-0.05, 0) is 41.8 Å². The minimum absolute atomic E-state index is 0.148. The maximum absolute atomic E-state index is 13.4. The number of amides is 2. The molecular formula is C33H31N5O5. The molecule has 3 aromatic carbocycles. The third kappa shape index (κ3) is 5.08. The zero-order valence-electron chi connectivity index (χ0n) is 23.6. The molecular weight excluding hydrogens is 546 g/mol. The monoisotopic (exact) mass is 577 g/mol. The Kier molecular flexibility index (Phi) is 6.98. The minimum Gasteiger partial charge on any atom is -0.380 e. The summed E-state index contributed by atoms with van der Waals surface area (Å²) in [7, 11) is 0. The Bertz CT molecular complexity index is 1740. The van der Waals surface area contributed by atoms with Gasteiger partial charge in [-0.1, -0.05) is 47.6 Å². The lowest BCUT2D eigenvalue weighted by molar-refractivity contribution is -0.132. The molecule has 1 saturated heterocycles. The molecule has 3 aliphatic rings. The van der Waals surface area contributed by atoms with Crippen LogP contribution < -0.4 is 10.2 Å². The van der Waals surface area contributed by atoms with Crippen molar-refractivity contribution in [2.75, 3.05) is 36.4 Å². The summed E-state index contributed by atoms with van der Waals surface area (Å²) in [4.78, 5) is 56.4. The van der Waals surface area contributed by atoms with E-state index < -0.39 is 17.9 Å². The third-order valence-electron chi connectivity index (χ3n) is 8.64. The van der Waals surface area contributed by atoms with Crippen LogP contribution in [0.5, 0.6) is 0 Å². The molecule has 3 heterocycles. The fourth-order valence-electron chi connectivity index (χ4n) is 6.30. The van der Waals surface area contributed by atoms with E-state index in [0.29, 0.717) is 12.2 Å². The van der Waals surface area contributed by atoms with Gasteiger partial charge in [-0.25, -0.2) is 0 Å². The van der Waals surface area contributed by atoms with E-state index in [0.717, 1.165) is 60.0 Å². The van der Waals surface area contributed by atoms with Gasteiger partial charge in [0.15, 0.2) is 17.2 Å². The number of nitrogens with one attached hydrogen (secondary N) is 1. The number of rotatable bonds is 7. The lowest BCUT2D eigenvalue weighted by Gasteiger charge is -2.34. The number of anilines is 2. The van der Waals surface area contributed by atoms with E-state index in [-0.39, 0.29) is 42.0 Å². The van der Waals surface area contributed by atoms with Gasteiger partial charge >= 0.3 is 0 Å². The number of hydrogen-bond acceptors (Lipinski definition) is 9. The molecule has 2 aliphatic heterocycles. The van der Waals surface area contributed by atoms with Crippen LogP contribution in [-0.2, 0) is 22.7 Å². The second-order valence-electron chi connectivity index (χ2n) is 11.4. The van der Waals surface area contributed by atoms with Crippen LogP contribution >= 0.6 is 0 Å². The highest BCUT2D eigenvalue weighted by molar-refractivity contribution is 6.25. The number of ketones is 2. The third-order valence-corrected chi connectivity index (χ3v) is 8.64. The second kappa shape index (κ2) is 11.1. The first-order valence-corrected chi connectivity index (χ1v) is 14.6. The van der Waals surface area contributed by atoms with E-state index in [9.17, 15) is 19.2 Å². The quantitative estimate of drug-likeness (QED) is 0.257. The number of Topliss-reactive ketones (excluding diaryl/α,β-unsaturated/α-hetero) is 2. The summed E-state index contributed by atoms with van der Waals surface area (Å²) in [6.07, 6.45) is 0.156. The van der Waals surface area contributed by atoms with Crippen LogP contribution in [0.1, 0.15) is 51.1 Å². The van der Waals surface area contributed by atoms with Crippen molar-refractivity contribution in [2.45, 2.75) is 38.4 Å². The van der Waals surface area contributed by atoms with Gasteiger partial charge in [0.05, 0.1) is 29.0 Å². The van der Waals surface area contributed by atoms with Crippen molar-refractivity contribution in [2.24, 2.45) is 0 Å². The normalized spacial score (nSPS) is 19.4. The Hall–Kier alpha value is -4.83. The Morgan fingerprint density at radius 3 is 2.40 bits per heavy atom. The zero-order valence-corrected chi connectivity index (χ0v) is 23.6. The number of carbonyl (C=O) groups is 4. The topological polar surface area (TPSA) is 116 Å². The SMILES string of the molecule is O=C1CCC(N2C(=O)c3cccc(NCc4ccc(CN5CCN(c6noc7ccccc67)CC5)cc4)c3C2=O)C(=O)C1. The van der Waals surface area contributed by atoms with Crippen LogP contribution in [-0.4, -0.2) is 70.6 Å². The number of piperazine rings is 1. The summed E-state index contributed by atoms with van der Waals surface area (Å²) in [5.41, 5.74) is 4.19. The van der Waals surface area contributed by atoms with Crippen molar-refractivity contribution >= 4 is 45.9 Å². The van der Waals surface area contributed by atoms with E-state index in [2.05, 4.69) is 44.5 Å². The number of fused-ring (bicyclic) bond motifs is 2. The number of para-hydroxylation sites is 1. The van der Waals surface area contributed by atoms with Gasteiger partial charge in [0.1, 0.15) is 5.78 Å². The van der Waals surface area contributed by atoms with Gasteiger partial charge in [0, 0.05) is 51.4 Å². The van der Waals surface area contributed by atoms with Crippen LogP contribution in [0.25, 0.3) is 11.0 Å². The van der Waals surface area contributed by atoms with Gasteiger partial charge in [-0.15, -0.1) is 0 Å². The molecule has 43 heavy (non-hydrogen) atoms. The smallest absolute Gasteiger partial charge is 0.264 e. The zero-order chi connectivity index (χ0) is 29.5. The van der Waals surface area contributed by atoms with Crippen molar-refractivity contribution in [1.82, 2.24) is 15.0 Å². The molecule has 0 spiro atoms. The Morgan fingerprint density at radius 2 is 1.60 bits per heavy atom. The van der Waals surface area contributed by atoms with Crippen molar-refractivity contribution in [3.63, 3.8) is 0 Å². The predicted octanol–water partition coefficient (Wildman–Crippen LogP) is 4.05. The first-order valence-electron chi connectivity index (χ1n) is 14.6. The fourth-order valence-corrected chi connectivity index (χ4v) is 6.30. The largest absolute Gasteiger partial charge is 0.380 e. The van der Waals surface area contributed by atoms with E-state index in [4.69, 9.17) is 4.52 Å². The Morgan fingerprint density at radius 1 is 0.837 bits per heavy atom. The number of hydrogen-bond donors (Lipinski definition) is 1. The molecule has 1 unspecified atom stereocenters. The average molecular weight is 578 g/mol.